The van der Waals surface area contributed by atoms with Crippen molar-refractivity contribution >= 4 is 34.2 Å². The van der Waals surface area contributed by atoms with Gasteiger partial charge in [0.2, 0.25) is 10.0 Å². The van der Waals surface area contributed by atoms with Crippen LogP contribution in [0.4, 0.5) is 0 Å². The Hall–Kier alpha value is -1.48. The number of benzene rings is 1. The summed E-state index contributed by atoms with van der Waals surface area (Å²) in [5, 5.41) is 2.94. The Balaban J connectivity index is 0.00000288. The summed E-state index contributed by atoms with van der Waals surface area (Å²) in [5.41, 5.74) is 0.752. The van der Waals surface area contributed by atoms with Gasteiger partial charge >= 0.3 is 0 Å². The average Bonchev–Trinajstić information content (AvgIpc) is 2.78. The third kappa shape index (κ3) is 4.76. The number of amides is 2. The monoisotopic (exact) mass is 375 g/mol. The Morgan fingerprint density at radius 1 is 1.12 bits per heavy atom. The summed E-state index contributed by atoms with van der Waals surface area (Å²) in [6.07, 6.45) is 0.203. The standard InChI is InChI=1S/C15H21N3O4S.ClH/c1-11(16-2)10-17-23(21,22)9-5-8-18-14(19)12-6-3-4-7-13(12)15(18)20;/h3-4,6-7,11,16-17H,5,8-10H2,1-2H3;1H. The maximum absolute atomic E-state index is 12.1. The number of hydrogen-bond acceptors (Lipinski definition) is 5. The van der Waals surface area contributed by atoms with Gasteiger partial charge in [0.05, 0.1) is 16.9 Å². The van der Waals surface area contributed by atoms with E-state index in [-0.39, 0.29) is 49.0 Å². The minimum Gasteiger partial charge on any atom is -0.316 e. The van der Waals surface area contributed by atoms with E-state index >= 15 is 0 Å². The number of fused-ring (bicyclic) bond motifs is 1. The molecule has 2 N–H and O–H groups in total. The van der Waals surface area contributed by atoms with Gasteiger partial charge in [0.15, 0.2) is 0 Å². The summed E-state index contributed by atoms with van der Waals surface area (Å²) in [7, 11) is -1.67. The molecule has 1 unspecified atom stereocenters. The summed E-state index contributed by atoms with van der Waals surface area (Å²) < 4.78 is 26.3. The first-order chi connectivity index (χ1) is 10.9. The molecule has 2 amide bonds. The van der Waals surface area contributed by atoms with E-state index in [0.717, 1.165) is 4.90 Å². The predicted molar refractivity (Wildman–Crippen MR) is 94.0 cm³/mol. The van der Waals surface area contributed by atoms with E-state index in [1.807, 2.05) is 6.92 Å². The second-order valence-electron chi connectivity index (χ2n) is 5.52. The highest BCUT2D eigenvalue weighted by Crippen LogP contribution is 2.22. The minimum absolute atomic E-state index is 0. The number of imide groups is 1. The van der Waals surface area contributed by atoms with Crippen LogP contribution in [0.5, 0.6) is 0 Å². The molecule has 0 saturated heterocycles. The van der Waals surface area contributed by atoms with E-state index in [4.69, 9.17) is 0 Å². The first-order valence-corrected chi connectivity index (χ1v) is 9.11. The van der Waals surface area contributed by atoms with E-state index < -0.39 is 10.0 Å². The normalized spacial score (nSPS) is 15.2. The summed E-state index contributed by atoms with van der Waals surface area (Å²) in [6.45, 7) is 2.25. The third-order valence-corrected chi connectivity index (χ3v) is 5.21. The molecule has 7 nitrogen and oxygen atoms in total. The van der Waals surface area contributed by atoms with Gasteiger partial charge in [-0.2, -0.15) is 0 Å². The number of likely N-dealkylation sites (N-methyl/N-ethyl adjacent to an activating group) is 1. The molecule has 134 valence electrons. The van der Waals surface area contributed by atoms with Crippen molar-refractivity contribution in [3.63, 3.8) is 0 Å². The minimum atomic E-state index is -3.42. The van der Waals surface area contributed by atoms with Gasteiger partial charge in [0, 0.05) is 19.1 Å². The van der Waals surface area contributed by atoms with Crippen LogP contribution in [0.2, 0.25) is 0 Å². The van der Waals surface area contributed by atoms with E-state index in [2.05, 4.69) is 10.0 Å². The molecule has 1 aliphatic rings. The van der Waals surface area contributed by atoms with Gasteiger partial charge in [-0.3, -0.25) is 14.5 Å². The first-order valence-electron chi connectivity index (χ1n) is 7.45. The lowest BCUT2D eigenvalue weighted by molar-refractivity contribution is 0.0654. The Morgan fingerprint density at radius 3 is 2.17 bits per heavy atom. The first kappa shape index (κ1) is 20.6. The number of carbonyl (C=O) groups excluding carboxylic acids is 2. The maximum Gasteiger partial charge on any atom is 0.261 e. The van der Waals surface area contributed by atoms with Crippen LogP contribution in [0.3, 0.4) is 0 Å². The van der Waals surface area contributed by atoms with Crippen molar-refractivity contribution in [3.8, 4) is 0 Å². The number of halogens is 1. The Morgan fingerprint density at radius 2 is 1.67 bits per heavy atom. The molecular weight excluding hydrogens is 354 g/mol. The Bertz CT molecular complexity index is 673. The number of hydrogen-bond donors (Lipinski definition) is 2. The molecule has 1 aromatic rings. The van der Waals surface area contributed by atoms with E-state index in [9.17, 15) is 18.0 Å². The highest BCUT2D eigenvalue weighted by atomic mass is 35.5. The highest BCUT2D eigenvalue weighted by Gasteiger charge is 2.34. The van der Waals surface area contributed by atoms with Crippen molar-refractivity contribution < 1.29 is 18.0 Å². The Labute approximate surface area is 148 Å². The van der Waals surface area contributed by atoms with Crippen LogP contribution in [0.25, 0.3) is 0 Å². The SMILES string of the molecule is CNC(C)CNS(=O)(=O)CCCN1C(=O)c2ccccc2C1=O.Cl. The quantitative estimate of drug-likeness (QED) is 0.649. The predicted octanol–water partition coefficient (Wildman–Crippen LogP) is 0.622. The summed E-state index contributed by atoms with van der Waals surface area (Å²) >= 11 is 0. The van der Waals surface area contributed by atoms with Crippen molar-refractivity contribution in [2.75, 3.05) is 25.9 Å². The van der Waals surface area contributed by atoms with Gasteiger partial charge in [-0.15, -0.1) is 12.4 Å². The fourth-order valence-electron chi connectivity index (χ4n) is 2.28. The Kier molecular flexibility index (Phi) is 7.34. The van der Waals surface area contributed by atoms with E-state index in [1.165, 1.54) is 0 Å². The second-order valence-corrected chi connectivity index (χ2v) is 7.44. The summed E-state index contributed by atoms with van der Waals surface area (Å²) in [6, 6.07) is 6.64. The van der Waals surface area contributed by atoms with Gasteiger partial charge < -0.3 is 5.32 Å². The van der Waals surface area contributed by atoms with Gasteiger partial charge in [0.25, 0.3) is 11.8 Å². The van der Waals surface area contributed by atoms with Crippen LogP contribution in [0.1, 0.15) is 34.1 Å². The molecule has 0 aliphatic carbocycles. The van der Waals surface area contributed by atoms with Crippen molar-refractivity contribution in [1.82, 2.24) is 14.9 Å². The fourth-order valence-corrected chi connectivity index (χ4v) is 3.44. The lowest BCUT2D eigenvalue weighted by atomic mass is 10.1. The molecule has 0 saturated carbocycles. The third-order valence-electron chi connectivity index (χ3n) is 3.78. The number of sulfonamides is 1. The highest BCUT2D eigenvalue weighted by molar-refractivity contribution is 7.89. The molecule has 2 rings (SSSR count). The molecule has 0 aromatic heterocycles. The molecular formula is C15H22ClN3O4S. The number of nitrogens with zero attached hydrogens (tertiary/aromatic N) is 1. The average molecular weight is 376 g/mol. The van der Waals surface area contributed by atoms with Gasteiger partial charge in [-0.05, 0) is 32.5 Å². The molecule has 1 aliphatic heterocycles. The van der Waals surface area contributed by atoms with Crippen LogP contribution in [0, 0.1) is 0 Å². The molecule has 0 radical (unpaired) electrons. The zero-order valence-corrected chi connectivity index (χ0v) is 15.2. The van der Waals surface area contributed by atoms with Gasteiger partial charge in [-0.25, -0.2) is 13.1 Å². The molecule has 1 atom stereocenters. The van der Waals surface area contributed by atoms with Crippen LogP contribution < -0.4 is 10.0 Å². The smallest absolute Gasteiger partial charge is 0.261 e. The van der Waals surface area contributed by atoms with E-state index in [1.54, 1.807) is 31.3 Å². The molecule has 0 spiro atoms. The summed E-state index contributed by atoms with van der Waals surface area (Å²) in [5.74, 6) is -0.851. The lowest BCUT2D eigenvalue weighted by Gasteiger charge is -2.15. The lowest BCUT2D eigenvalue weighted by Crippen LogP contribution is -2.39. The molecule has 0 fully saturated rings. The zero-order valence-electron chi connectivity index (χ0n) is 13.6. The van der Waals surface area contributed by atoms with Crippen molar-refractivity contribution in [3.05, 3.63) is 35.4 Å². The fraction of sp³-hybridized carbons (Fsp3) is 0.467. The van der Waals surface area contributed by atoms with Crippen molar-refractivity contribution in [1.29, 1.82) is 0 Å². The zero-order chi connectivity index (χ0) is 17.0. The van der Waals surface area contributed by atoms with E-state index in [0.29, 0.717) is 17.7 Å². The van der Waals surface area contributed by atoms with Crippen LogP contribution in [0.15, 0.2) is 24.3 Å². The molecule has 1 aromatic carbocycles. The summed E-state index contributed by atoms with van der Waals surface area (Å²) in [4.78, 5) is 25.4. The van der Waals surface area contributed by atoms with Crippen LogP contribution >= 0.6 is 12.4 Å². The van der Waals surface area contributed by atoms with Crippen LogP contribution in [-0.2, 0) is 10.0 Å². The van der Waals surface area contributed by atoms with Crippen LogP contribution in [-0.4, -0.2) is 57.1 Å². The molecule has 9 heteroatoms. The van der Waals surface area contributed by atoms with Gasteiger partial charge in [-0.1, -0.05) is 12.1 Å². The number of rotatable bonds is 8. The molecule has 0 bridgehead atoms. The van der Waals surface area contributed by atoms with Gasteiger partial charge in [0.1, 0.15) is 0 Å². The number of carbonyl (C=O) groups is 2. The van der Waals surface area contributed by atoms with Crippen molar-refractivity contribution in [2.45, 2.75) is 19.4 Å². The topological polar surface area (TPSA) is 95.6 Å². The molecule has 24 heavy (non-hydrogen) atoms. The van der Waals surface area contributed by atoms with Crippen molar-refractivity contribution in [2.24, 2.45) is 0 Å². The molecule has 1 heterocycles. The second kappa shape index (κ2) is 8.57. The number of nitrogens with one attached hydrogen (secondary N) is 2. The largest absolute Gasteiger partial charge is 0.316 e. The maximum atomic E-state index is 12.1.